The number of ether oxygens (including phenoxy) is 1. The molecule has 1 aliphatic rings. The van der Waals surface area contributed by atoms with Crippen LogP contribution in [0.15, 0.2) is 48.5 Å². The molecule has 2 heteroatoms. The maximum Gasteiger partial charge on any atom is 0.122 e. The Balaban J connectivity index is 0.00000100. The van der Waals surface area contributed by atoms with Crippen LogP contribution in [0, 0.1) is 6.92 Å². The summed E-state index contributed by atoms with van der Waals surface area (Å²) < 4.78 is 5.96. The first-order chi connectivity index (χ1) is 11.8. The number of nitrogens with zero attached hydrogens (tertiary/aromatic N) is 1. The largest absolute Gasteiger partial charge is 0.492 e. The van der Waals surface area contributed by atoms with E-state index in [1.54, 1.807) is 0 Å². The fraction of sp³-hybridized carbons (Fsp3) is 0.455. The standard InChI is InChI=1S/C20H25NO.C2H6/c1-17-15-19(16-18-7-3-2-4-8-18)9-10-20(17)22-14-13-21-11-5-6-12-21;1-2/h2-4,7-10,15H,5-6,11-14,16H2,1H3;1-2H3. The Hall–Kier alpha value is -1.80. The Bertz CT molecular complexity index is 588. The van der Waals surface area contributed by atoms with Gasteiger partial charge in [0.25, 0.3) is 0 Å². The van der Waals surface area contributed by atoms with Gasteiger partial charge >= 0.3 is 0 Å². The predicted octanol–water partition coefficient (Wildman–Crippen LogP) is 5.09. The highest BCUT2D eigenvalue weighted by atomic mass is 16.5. The SMILES string of the molecule is CC.Cc1cc(Cc2ccccc2)ccc1OCCN1CCCC1. The van der Waals surface area contributed by atoms with Crippen LogP contribution in [-0.2, 0) is 6.42 Å². The van der Waals surface area contributed by atoms with Gasteiger partial charge in [-0.2, -0.15) is 0 Å². The van der Waals surface area contributed by atoms with Crippen LogP contribution in [-0.4, -0.2) is 31.1 Å². The Morgan fingerprint density at radius 1 is 0.917 bits per heavy atom. The first kappa shape index (κ1) is 18.5. The number of aryl methyl sites for hydroxylation is 1. The lowest BCUT2D eigenvalue weighted by Gasteiger charge is -2.16. The maximum absolute atomic E-state index is 5.96. The Morgan fingerprint density at radius 2 is 1.62 bits per heavy atom. The summed E-state index contributed by atoms with van der Waals surface area (Å²) in [6, 6.07) is 17.2. The molecule has 2 nitrogen and oxygen atoms in total. The topological polar surface area (TPSA) is 12.5 Å². The van der Waals surface area contributed by atoms with E-state index in [-0.39, 0.29) is 0 Å². The number of likely N-dealkylation sites (tertiary alicyclic amines) is 1. The van der Waals surface area contributed by atoms with Gasteiger partial charge in [0.05, 0.1) is 0 Å². The van der Waals surface area contributed by atoms with Crippen molar-refractivity contribution in [2.75, 3.05) is 26.2 Å². The zero-order valence-corrected chi connectivity index (χ0v) is 15.4. The number of hydrogen-bond donors (Lipinski definition) is 0. The van der Waals surface area contributed by atoms with Crippen molar-refractivity contribution in [1.29, 1.82) is 0 Å². The fourth-order valence-electron chi connectivity index (χ4n) is 3.11. The molecule has 0 aliphatic carbocycles. The molecule has 1 aliphatic heterocycles. The zero-order valence-electron chi connectivity index (χ0n) is 15.4. The molecule has 1 fully saturated rings. The molecule has 1 heterocycles. The van der Waals surface area contributed by atoms with E-state index in [1.165, 1.54) is 42.6 Å². The molecule has 0 N–H and O–H groups in total. The van der Waals surface area contributed by atoms with Gasteiger partial charge in [0.15, 0.2) is 0 Å². The summed E-state index contributed by atoms with van der Waals surface area (Å²) in [5.41, 5.74) is 3.93. The molecule has 0 atom stereocenters. The summed E-state index contributed by atoms with van der Waals surface area (Å²) in [5, 5.41) is 0. The van der Waals surface area contributed by atoms with Crippen LogP contribution in [0.25, 0.3) is 0 Å². The highest BCUT2D eigenvalue weighted by Crippen LogP contribution is 2.21. The molecular formula is C22H31NO. The second-order valence-electron chi connectivity index (χ2n) is 6.16. The van der Waals surface area contributed by atoms with Gasteiger partial charge < -0.3 is 4.74 Å². The van der Waals surface area contributed by atoms with Crippen molar-refractivity contribution < 1.29 is 4.74 Å². The van der Waals surface area contributed by atoms with Gasteiger partial charge in [0.1, 0.15) is 12.4 Å². The first-order valence-electron chi connectivity index (χ1n) is 9.30. The van der Waals surface area contributed by atoms with E-state index >= 15 is 0 Å². The smallest absolute Gasteiger partial charge is 0.122 e. The summed E-state index contributed by atoms with van der Waals surface area (Å²) in [6.45, 7) is 10.4. The summed E-state index contributed by atoms with van der Waals surface area (Å²) in [7, 11) is 0. The van der Waals surface area contributed by atoms with Gasteiger partial charge in [-0.05, 0) is 62.0 Å². The average molecular weight is 325 g/mol. The predicted molar refractivity (Wildman–Crippen MR) is 103 cm³/mol. The van der Waals surface area contributed by atoms with Crippen LogP contribution in [0.3, 0.4) is 0 Å². The monoisotopic (exact) mass is 325 g/mol. The summed E-state index contributed by atoms with van der Waals surface area (Å²) in [5.74, 6) is 1.02. The molecule has 0 unspecified atom stereocenters. The molecular weight excluding hydrogens is 294 g/mol. The van der Waals surface area contributed by atoms with E-state index in [0.29, 0.717) is 0 Å². The maximum atomic E-state index is 5.96. The van der Waals surface area contributed by atoms with Gasteiger partial charge in [-0.1, -0.05) is 56.3 Å². The minimum absolute atomic E-state index is 0.791. The van der Waals surface area contributed by atoms with Crippen molar-refractivity contribution in [2.24, 2.45) is 0 Å². The van der Waals surface area contributed by atoms with Crippen molar-refractivity contribution >= 4 is 0 Å². The van der Waals surface area contributed by atoms with Crippen LogP contribution in [0.4, 0.5) is 0 Å². The van der Waals surface area contributed by atoms with Crippen molar-refractivity contribution in [1.82, 2.24) is 4.90 Å². The third-order valence-electron chi connectivity index (χ3n) is 4.35. The van der Waals surface area contributed by atoms with Gasteiger partial charge in [-0.25, -0.2) is 0 Å². The second kappa shape index (κ2) is 10.1. The molecule has 2 aromatic carbocycles. The summed E-state index contributed by atoms with van der Waals surface area (Å²) >= 11 is 0. The third kappa shape index (κ3) is 5.68. The van der Waals surface area contributed by atoms with Crippen molar-refractivity contribution in [3.63, 3.8) is 0 Å². The van der Waals surface area contributed by atoms with E-state index in [9.17, 15) is 0 Å². The lowest BCUT2D eigenvalue weighted by atomic mass is 10.0. The van der Waals surface area contributed by atoms with Gasteiger partial charge in [-0.3, -0.25) is 4.90 Å². The van der Waals surface area contributed by atoms with Gasteiger partial charge in [0, 0.05) is 6.54 Å². The summed E-state index contributed by atoms with van der Waals surface area (Å²) in [6.07, 6.45) is 3.66. The molecule has 0 saturated carbocycles. The molecule has 130 valence electrons. The highest BCUT2D eigenvalue weighted by Gasteiger charge is 2.11. The molecule has 2 aromatic rings. The molecule has 0 spiro atoms. The van der Waals surface area contributed by atoms with Gasteiger partial charge in [0.2, 0.25) is 0 Å². The molecule has 3 rings (SSSR count). The van der Waals surface area contributed by atoms with E-state index in [0.717, 1.165) is 25.3 Å². The second-order valence-corrected chi connectivity index (χ2v) is 6.16. The van der Waals surface area contributed by atoms with Gasteiger partial charge in [-0.15, -0.1) is 0 Å². The molecule has 0 radical (unpaired) electrons. The number of benzene rings is 2. The Kier molecular flexibility index (Phi) is 7.84. The van der Waals surface area contributed by atoms with Crippen molar-refractivity contribution in [3.05, 3.63) is 65.2 Å². The minimum Gasteiger partial charge on any atom is -0.492 e. The highest BCUT2D eigenvalue weighted by molar-refractivity contribution is 5.38. The van der Waals surface area contributed by atoms with E-state index in [4.69, 9.17) is 4.74 Å². The average Bonchev–Trinajstić information content (AvgIpc) is 3.13. The van der Waals surface area contributed by atoms with Crippen LogP contribution >= 0.6 is 0 Å². The quantitative estimate of drug-likeness (QED) is 0.734. The Labute approximate surface area is 147 Å². The zero-order chi connectivity index (χ0) is 17.2. The molecule has 24 heavy (non-hydrogen) atoms. The van der Waals surface area contributed by atoms with E-state index in [2.05, 4.69) is 60.4 Å². The first-order valence-corrected chi connectivity index (χ1v) is 9.30. The number of hydrogen-bond acceptors (Lipinski definition) is 2. The van der Waals surface area contributed by atoms with Crippen LogP contribution < -0.4 is 4.74 Å². The lowest BCUT2D eigenvalue weighted by Crippen LogP contribution is -2.25. The molecule has 0 amide bonds. The van der Waals surface area contributed by atoms with Crippen LogP contribution in [0.2, 0.25) is 0 Å². The van der Waals surface area contributed by atoms with Crippen LogP contribution in [0.5, 0.6) is 5.75 Å². The van der Waals surface area contributed by atoms with E-state index < -0.39 is 0 Å². The molecule has 1 saturated heterocycles. The lowest BCUT2D eigenvalue weighted by molar-refractivity contribution is 0.237. The van der Waals surface area contributed by atoms with Crippen molar-refractivity contribution in [3.8, 4) is 5.75 Å². The number of rotatable bonds is 6. The van der Waals surface area contributed by atoms with E-state index in [1.807, 2.05) is 13.8 Å². The summed E-state index contributed by atoms with van der Waals surface area (Å²) in [4.78, 5) is 2.49. The minimum atomic E-state index is 0.791. The fourth-order valence-corrected chi connectivity index (χ4v) is 3.11. The Morgan fingerprint density at radius 3 is 2.29 bits per heavy atom. The molecule has 0 bridgehead atoms. The van der Waals surface area contributed by atoms with Crippen LogP contribution in [0.1, 0.15) is 43.4 Å². The normalized spacial score (nSPS) is 14.1. The molecule has 0 aromatic heterocycles. The third-order valence-corrected chi connectivity index (χ3v) is 4.35. The van der Waals surface area contributed by atoms with Crippen molar-refractivity contribution in [2.45, 2.75) is 40.0 Å².